The van der Waals surface area contributed by atoms with E-state index in [1.54, 1.807) is 12.1 Å². The summed E-state index contributed by atoms with van der Waals surface area (Å²) in [5, 5.41) is 8.25. The largest absolute Gasteiger partial charge is 0.373 e. The highest BCUT2D eigenvalue weighted by molar-refractivity contribution is 7.13. The molecular formula is C29H30ClN5O3S. The highest BCUT2D eigenvalue weighted by Gasteiger charge is 2.38. The van der Waals surface area contributed by atoms with E-state index in [2.05, 4.69) is 32.5 Å². The van der Waals surface area contributed by atoms with Crippen molar-refractivity contribution >= 4 is 45.7 Å². The van der Waals surface area contributed by atoms with Gasteiger partial charge in [-0.3, -0.25) is 9.59 Å². The van der Waals surface area contributed by atoms with Gasteiger partial charge in [0.25, 0.3) is 11.8 Å². The number of ether oxygens (including phenoxy) is 1. The molecule has 8 nitrogen and oxygen atoms in total. The summed E-state index contributed by atoms with van der Waals surface area (Å²) in [7, 11) is 2.07. The molecule has 3 heterocycles. The molecule has 0 radical (unpaired) electrons. The maximum absolute atomic E-state index is 13.3. The molecule has 1 fully saturated rings. The molecule has 1 aliphatic heterocycles. The van der Waals surface area contributed by atoms with Gasteiger partial charge in [-0.25, -0.2) is 4.98 Å². The first-order chi connectivity index (χ1) is 18.9. The summed E-state index contributed by atoms with van der Waals surface area (Å²) in [5.74, 6) is -0.437. The Morgan fingerprint density at radius 2 is 1.87 bits per heavy atom. The molecule has 2 aromatic heterocycles. The number of nitrogens with zero attached hydrogens (tertiary/aromatic N) is 2. The molecule has 2 amide bonds. The number of nitrogens with one attached hydrogen (secondary N) is 3. The average molecular weight is 564 g/mol. The van der Waals surface area contributed by atoms with E-state index in [9.17, 15) is 9.59 Å². The molecule has 2 aliphatic rings. The standard InChI is InChI=1S/C29H30ClN5O3S/c1-35-10-9-22-26(15-35)39-29(34-22)28(37)33-24-14-20(38-16-17-5-3-2-4-6-17)13-23(24)32-27(36)25-12-18-11-19(30)7-8-21(18)31-25/h2-8,11-12,20,23-24,31H,9-10,13-16H2,1H3,(H,32,36)(H,33,37)/t20?,23?,24-/m1/s1. The Bertz CT molecular complexity index is 1500. The van der Waals surface area contributed by atoms with Crippen LogP contribution in [0.2, 0.25) is 5.02 Å². The molecule has 1 saturated carbocycles. The predicted octanol–water partition coefficient (Wildman–Crippen LogP) is 4.54. The highest BCUT2D eigenvalue weighted by Crippen LogP contribution is 2.28. The second-order valence-corrected chi connectivity index (χ2v) is 11.9. The van der Waals surface area contributed by atoms with Crippen LogP contribution in [0.4, 0.5) is 0 Å². The molecule has 1 aliphatic carbocycles. The van der Waals surface area contributed by atoms with Gasteiger partial charge in [-0.05, 0) is 49.7 Å². The third-order valence-electron chi connectivity index (χ3n) is 7.42. The molecule has 10 heteroatoms. The summed E-state index contributed by atoms with van der Waals surface area (Å²) in [5.41, 5.74) is 3.38. The molecule has 39 heavy (non-hydrogen) atoms. The number of fused-ring (bicyclic) bond motifs is 2. The van der Waals surface area contributed by atoms with Crippen LogP contribution in [0.5, 0.6) is 0 Å². The van der Waals surface area contributed by atoms with Crippen LogP contribution in [0.1, 0.15) is 49.3 Å². The van der Waals surface area contributed by atoms with Crippen molar-refractivity contribution < 1.29 is 14.3 Å². The zero-order valence-electron chi connectivity index (χ0n) is 21.6. The van der Waals surface area contributed by atoms with Crippen LogP contribution < -0.4 is 10.6 Å². The highest BCUT2D eigenvalue weighted by atomic mass is 35.5. The van der Waals surface area contributed by atoms with Gasteiger partial charge in [0.1, 0.15) is 5.69 Å². The number of aromatic amines is 1. The fourth-order valence-electron chi connectivity index (χ4n) is 5.36. The van der Waals surface area contributed by atoms with Crippen molar-refractivity contribution in [1.82, 2.24) is 25.5 Å². The molecule has 0 saturated heterocycles. The zero-order valence-corrected chi connectivity index (χ0v) is 23.1. The maximum Gasteiger partial charge on any atom is 0.280 e. The minimum Gasteiger partial charge on any atom is -0.373 e. The lowest BCUT2D eigenvalue weighted by Gasteiger charge is -2.21. The van der Waals surface area contributed by atoms with E-state index in [1.807, 2.05) is 42.5 Å². The van der Waals surface area contributed by atoms with Crippen molar-refractivity contribution in [1.29, 1.82) is 0 Å². The minimum atomic E-state index is -0.294. The van der Waals surface area contributed by atoms with Gasteiger partial charge in [-0.1, -0.05) is 41.9 Å². The number of thiazole rings is 1. The monoisotopic (exact) mass is 563 g/mol. The summed E-state index contributed by atoms with van der Waals surface area (Å²) in [4.78, 5) is 37.7. The SMILES string of the molecule is CN1CCc2nc(C(=O)N[C@@H]3CC(OCc4ccccc4)CC3NC(=O)c3cc4cc(Cl)ccc4[nH]3)sc2C1. The van der Waals surface area contributed by atoms with Crippen LogP contribution in [-0.2, 0) is 24.3 Å². The molecule has 0 bridgehead atoms. The first kappa shape index (κ1) is 26.0. The van der Waals surface area contributed by atoms with Gasteiger partial charge in [0, 0.05) is 40.3 Å². The fourth-order valence-corrected chi connectivity index (χ4v) is 6.63. The van der Waals surface area contributed by atoms with Crippen molar-refractivity contribution in [3.8, 4) is 0 Å². The number of amides is 2. The number of H-pyrrole nitrogens is 1. The Labute approximate surface area is 235 Å². The summed E-state index contributed by atoms with van der Waals surface area (Å²) in [6.45, 7) is 2.23. The molecule has 6 rings (SSSR count). The molecule has 0 spiro atoms. The molecule has 4 aromatic rings. The molecular weight excluding hydrogens is 534 g/mol. The lowest BCUT2D eigenvalue weighted by Crippen LogP contribution is -2.48. The normalized spacial score (nSPS) is 21.1. The van der Waals surface area contributed by atoms with E-state index in [4.69, 9.17) is 16.3 Å². The smallest absolute Gasteiger partial charge is 0.280 e. The quantitative estimate of drug-likeness (QED) is 0.306. The Morgan fingerprint density at radius 1 is 1.10 bits per heavy atom. The lowest BCUT2D eigenvalue weighted by atomic mass is 10.1. The van der Waals surface area contributed by atoms with Gasteiger partial charge in [-0.15, -0.1) is 11.3 Å². The Kier molecular flexibility index (Phi) is 7.40. The third-order valence-corrected chi connectivity index (χ3v) is 8.74. The van der Waals surface area contributed by atoms with Gasteiger partial charge in [0.2, 0.25) is 0 Å². The van der Waals surface area contributed by atoms with Crippen LogP contribution in [0.25, 0.3) is 10.9 Å². The van der Waals surface area contributed by atoms with Crippen molar-refractivity contribution in [2.45, 2.75) is 50.6 Å². The van der Waals surface area contributed by atoms with Gasteiger partial charge in [0.05, 0.1) is 30.5 Å². The second kappa shape index (κ2) is 11.1. The van der Waals surface area contributed by atoms with Crippen LogP contribution in [0.15, 0.2) is 54.6 Å². The number of likely N-dealkylation sites (N-methyl/N-ethyl adjacent to an activating group) is 1. The van der Waals surface area contributed by atoms with Crippen molar-refractivity contribution in [2.75, 3.05) is 13.6 Å². The lowest BCUT2D eigenvalue weighted by molar-refractivity contribution is 0.0428. The summed E-state index contributed by atoms with van der Waals surface area (Å²) < 4.78 is 6.22. The van der Waals surface area contributed by atoms with Crippen LogP contribution in [0.3, 0.4) is 0 Å². The predicted molar refractivity (Wildman–Crippen MR) is 152 cm³/mol. The summed E-state index contributed by atoms with van der Waals surface area (Å²) in [6, 6.07) is 16.7. The molecule has 202 valence electrons. The van der Waals surface area contributed by atoms with E-state index in [1.165, 1.54) is 11.3 Å². The Balaban J connectivity index is 1.17. The topological polar surface area (TPSA) is 99.3 Å². The molecule has 3 N–H and O–H groups in total. The van der Waals surface area contributed by atoms with E-state index in [0.717, 1.165) is 46.5 Å². The number of halogens is 1. The zero-order chi connectivity index (χ0) is 26.9. The van der Waals surface area contributed by atoms with Crippen molar-refractivity contribution in [3.63, 3.8) is 0 Å². The number of carbonyl (C=O) groups is 2. The summed E-state index contributed by atoms with van der Waals surface area (Å²) >= 11 is 7.57. The number of hydrogen-bond donors (Lipinski definition) is 3. The van der Waals surface area contributed by atoms with Crippen LogP contribution >= 0.6 is 22.9 Å². The van der Waals surface area contributed by atoms with Gasteiger partial charge in [-0.2, -0.15) is 0 Å². The first-order valence-corrected chi connectivity index (χ1v) is 14.3. The maximum atomic E-state index is 13.3. The van der Waals surface area contributed by atoms with E-state index in [0.29, 0.717) is 35.2 Å². The van der Waals surface area contributed by atoms with Crippen LogP contribution in [0, 0.1) is 0 Å². The van der Waals surface area contributed by atoms with Crippen molar-refractivity contribution in [3.05, 3.63) is 86.5 Å². The number of hydrogen-bond acceptors (Lipinski definition) is 6. The fraction of sp³-hybridized carbons (Fsp3) is 0.345. The second-order valence-electron chi connectivity index (χ2n) is 10.3. The van der Waals surface area contributed by atoms with E-state index in [-0.39, 0.29) is 30.0 Å². The van der Waals surface area contributed by atoms with E-state index >= 15 is 0 Å². The number of aromatic nitrogens is 2. The Hall–Kier alpha value is -3.24. The average Bonchev–Trinajstić information content (AvgIpc) is 3.64. The third kappa shape index (κ3) is 5.86. The molecule has 2 unspecified atom stereocenters. The van der Waals surface area contributed by atoms with Gasteiger partial charge in [0.15, 0.2) is 5.01 Å². The Morgan fingerprint density at radius 3 is 2.67 bits per heavy atom. The van der Waals surface area contributed by atoms with Gasteiger partial charge < -0.3 is 25.3 Å². The first-order valence-electron chi connectivity index (χ1n) is 13.1. The number of rotatable bonds is 7. The minimum absolute atomic E-state index is 0.111. The van der Waals surface area contributed by atoms with Crippen LogP contribution in [-0.4, -0.2) is 58.5 Å². The van der Waals surface area contributed by atoms with E-state index < -0.39 is 0 Å². The number of benzene rings is 2. The number of carbonyl (C=O) groups excluding carboxylic acids is 2. The van der Waals surface area contributed by atoms with Crippen molar-refractivity contribution in [2.24, 2.45) is 0 Å². The van der Waals surface area contributed by atoms with Gasteiger partial charge >= 0.3 is 0 Å². The molecule has 3 atom stereocenters. The summed E-state index contributed by atoms with van der Waals surface area (Å²) in [6.07, 6.45) is 1.93. The molecule has 2 aromatic carbocycles.